The number of sulfonamides is 1. The molecule has 1 atom stereocenters. The fourth-order valence-electron chi connectivity index (χ4n) is 2.89. The molecule has 2 N–H and O–H groups in total. The number of thiazole rings is 1. The summed E-state index contributed by atoms with van der Waals surface area (Å²) in [6.45, 7) is 3.50. The van der Waals surface area contributed by atoms with Gasteiger partial charge in [0, 0.05) is 43.7 Å². The van der Waals surface area contributed by atoms with E-state index in [1.165, 1.54) is 0 Å². The van der Waals surface area contributed by atoms with Crippen molar-refractivity contribution in [3.8, 4) is 0 Å². The molecule has 1 aliphatic heterocycles. The standard InChI is InChI=1S/C17H22N4O3S2/c1-13-3-2-4-15(11-13)26(23,24)19-7-5-16(22)20-14-6-9-21(12-14)17-18-8-10-25-17/h2-4,8,10-11,14,19H,5-7,9,12H2,1H3,(H,20,22)/t14-/m0/s1. The molecule has 1 aliphatic rings. The summed E-state index contributed by atoms with van der Waals surface area (Å²) in [4.78, 5) is 18.7. The van der Waals surface area contributed by atoms with Gasteiger partial charge in [-0.25, -0.2) is 18.1 Å². The van der Waals surface area contributed by atoms with Gasteiger partial charge in [-0.05, 0) is 31.0 Å². The molecule has 26 heavy (non-hydrogen) atoms. The van der Waals surface area contributed by atoms with E-state index < -0.39 is 10.0 Å². The molecule has 2 heterocycles. The third kappa shape index (κ3) is 4.80. The van der Waals surface area contributed by atoms with Gasteiger partial charge in [-0.15, -0.1) is 11.3 Å². The van der Waals surface area contributed by atoms with Crippen molar-refractivity contribution >= 4 is 32.4 Å². The van der Waals surface area contributed by atoms with E-state index in [9.17, 15) is 13.2 Å². The Morgan fingerprint density at radius 1 is 1.42 bits per heavy atom. The summed E-state index contributed by atoms with van der Waals surface area (Å²) in [5.41, 5.74) is 0.872. The number of aromatic nitrogens is 1. The van der Waals surface area contributed by atoms with Gasteiger partial charge in [0.05, 0.1) is 4.90 Å². The quantitative estimate of drug-likeness (QED) is 0.743. The first-order valence-electron chi connectivity index (χ1n) is 8.44. The molecule has 0 unspecified atom stereocenters. The number of aryl methyl sites for hydroxylation is 1. The van der Waals surface area contributed by atoms with Gasteiger partial charge in [0.15, 0.2) is 5.13 Å². The number of benzene rings is 1. The van der Waals surface area contributed by atoms with E-state index in [4.69, 9.17) is 0 Å². The lowest BCUT2D eigenvalue weighted by molar-refractivity contribution is -0.121. The fourth-order valence-corrected chi connectivity index (χ4v) is 4.70. The van der Waals surface area contributed by atoms with Crippen molar-refractivity contribution in [2.45, 2.75) is 30.7 Å². The van der Waals surface area contributed by atoms with Crippen molar-refractivity contribution in [3.05, 3.63) is 41.4 Å². The van der Waals surface area contributed by atoms with E-state index in [1.807, 2.05) is 18.4 Å². The Morgan fingerprint density at radius 3 is 3.00 bits per heavy atom. The monoisotopic (exact) mass is 394 g/mol. The second kappa shape index (κ2) is 8.15. The van der Waals surface area contributed by atoms with Crippen LogP contribution in [-0.2, 0) is 14.8 Å². The first-order chi connectivity index (χ1) is 12.4. The number of carbonyl (C=O) groups is 1. The van der Waals surface area contributed by atoms with Crippen LogP contribution in [0.3, 0.4) is 0 Å². The molecule has 3 rings (SSSR count). The molecule has 1 amide bonds. The minimum atomic E-state index is -3.59. The first kappa shape index (κ1) is 18.8. The van der Waals surface area contributed by atoms with Crippen LogP contribution in [0.1, 0.15) is 18.4 Å². The molecular weight excluding hydrogens is 372 g/mol. The van der Waals surface area contributed by atoms with Crippen molar-refractivity contribution in [3.63, 3.8) is 0 Å². The fraction of sp³-hybridized carbons (Fsp3) is 0.412. The summed E-state index contributed by atoms with van der Waals surface area (Å²) in [5.74, 6) is -0.150. The van der Waals surface area contributed by atoms with E-state index in [1.54, 1.807) is 35.7 Å². The third-order valence-electron chi connectivity index (χ3n) is 4.19. The highest BCUT2D eigenvalue weighted by Crippen LogP contribution is 2.22. The van der Waals surface area contributed by atoms with Crippen molar-refractivity contribution in [1.82, 2.24) is 15.0 Å². The van der Waals surface area contributed by atoms with Crippen molar-refractivity contribution < 1.29 is 13.2 Å². The Balaban J connectivity index is 1.43. The van der Waals surface area contributed by atoms with Crippen LogP contribution in [-0.4, -0.2) is 45.0 Å². The van der Waals surface area contributed by atoms with Crippen LogP contribution in [0, 0.1) is 6.92 Å². The number of carbonyl (C=O) groups excluding carboxylic acids is 1. The maximum Gasteiger partial charge on any atom is 0.240 e. The molecule has 1 aromatic heterocycles. The third-order valence-corrected chi connectivity index (χ3v) is 6.48. The summed E-state index contributed by atoms with van der Waals surface area (Å²) in [6, 6.07) is 6.75. The Kier molecular flexibility index (Phi) is 5.90. The van der Waals surface area contributed by atoms with Gasteiger partial charge in [-0.1, -0.05) is 12.1 Å². The number of anilines is 1. The van der Waals surface area contributed by atoms with E-state index in [-0.39, 0.29) is 29.8 Å². The number of hydrogen-bond acceptors (Lipinski definition) is 6. The highest BCUT2D eigenvalue weighted by atomic mass is 32.2. The number of nitrogens with zero attached hydrogens (tertiary/aromatic N) is 2. The number of nitrogens with one attached hydrogen (secondary N) is 2. The number of amides is 1. The zero-order chi connectivity index (χ0) is 18.6. The summed E-state index contributed by atoms with van der Waals surface area (Å²) in [6.07, 6.45) is 2.74. The maximum atomic E-state index is 12.2. The molecule has 1 aromatic carbocycles. The first-order valence-corrected chi connectivity index (χ1v) is 10.8. The predicted octanol–water partition coefficient (Wildman–Crippen LogP) is 1.52. The number of hydrogen-bond donors (Lipinski definition) is 2. The van der Waals surface area contributed by atoms with Gasteiger partial charge >= 0.3 is 0 Å². The lowest BCUT2D eigenvalue weighted by atomic mass is 10.2. The average Bonchev–Trinajstić information content (AvgIpc) is 3.26. The summed E-state index contributed by atoms with van der Waals surface area (Å²) >= 11 is 1.58. The van der Waals surface area contributed by atoms with E-state index >= 15 is 0 Å². The predicted molar refractivity (Wildman–Crippen MR) is 102 cm³/mol. The zero-order valence-corrected chi connectivity index (χ0v) is 16.1. The smallest absolute Gasteiger partial charge is 0.240 e. The summed E-state index contributed by atoms with van der Waals surface area (Å²) < 4.78 is 26.9. The molecule has 2 aromatic rings. The molecule has 9 heteroatoms. The second-order valence-electron chi connectivity index (χ2n) is 6.28. The molecular formula is C17H22N4O3S2. The van der Waals surface area contributed by atoms with Crippen LogP contribution in [0.5, 0.6) is 0 Å². The Bertz CT molecular complexity index is 853. The highest BCUT2D eigenvalue weighted by molar-refractivity contribution is 7.89. The van der Waals surface area contributed by atoms with Gasteiger partial charge in [-0.2, -0.15) is 0 Å². The SMILES string of the molecule is Cc1cccc(S(=O)(=O)NCCC(=O)N[C@H]2CCN(c3nccs3)C2)c1. The molecule has 0 saturated carbocycles. The lowest BCUT2D eigenvalue weighted by Crippen LogP contribution is -2.38. The van der Waals surface area contributed by atoms with Crippen molar-refractivity contribution in [2.24, 2.45) is 0 Å². The minimum absolute atomic E-state index is 0.0692. The van der Waals surface area contributed by atoms with Crippen molar-refractivity contribution in [2.75, 3.05) is 24.5 Å². The number of rotatable bonds is 7. The highest BCUT2D eigenvalue weighted by Gasteiger charge is 2.25. The van der Waals surface area contributed by atoms with E-state index in [0.717, 1.165) is 30.2 Å². The van der Waals surface area contributed by atoms with Gasteiger partial charge in [0.1, 0.15) is 0 Å². The van der Waals surface area contributed by atoms with Gasteiger partial charge < -0.3 is 10.2 Å². The van der Waals surface area contributed by atoms with Crippen LogP contribution in [0.2, 0.25) is 0 Å². The van der Waals surface area contributed by atoms with Crippen LogP contribution in [0.4, 0.5) is 5.13 Å². The molecule has 1 fully saturated rings. The zero-order valence-electron chi connectivity index (χ0n) is 14.5. The topological polar surface area (TPSA) is 91.4 Å². The lowest BCUT2D eigenvalue weighted by Gasteiger charge is -2.16. The van der Waals surface area contributed by atoms with Gasteiger partial charge in [0.25, 0.3) is 0 Å². The maximum absolute atomic E-state index is 12.2. The van der Waals surface area contributed by atoms with Crippen LogP contribution in [0.15, 0.2) is 40.7 Å². The molecule has 0 aliphatic carbocycles. The summed E-state index contributed by atoms with van der Waals surface area (Å²) in [5, 5.41) is 5.86. The van der Waals surface area contributed by atoms with E-state index in [2.05, 4.69) is 19.9 Å². The van der Waals surface area contributed by atoms with Crippen LogP contribution >= 0.6 is 11.3 Å². The van der Waals surface area contributed by atoms with Gasteiger partial charge in [-0.3, -0.25) is 4.79 Å². The summed E-state index contributed by atoms with van der Waals surface area (Å²) in [7, 11) is -3.59. The Hall–Kier alpha value is -1.97. The molecule has 0 bridgehead atoms. The molecule has 0 spiro atoms. The van der Waals surface area contributed by atoms with Crippen LogP contribution < -0.4 is 14.9 Å². The Morgan fingerprint density at radius 2 is 2.27 bits per heavy atom. The van der Waals surface area contributed by atoms with Crippen molar-refractivity contribution in [1.29, 1.82) is 0 Å². The normalized spacial score (nSPS) is 17.4. The van der Waals surface area contributed by atoms with Crippen LogP contribution in [0.25, 0.3) is 0 Å². The molecule has 0 radical (unpaired) electrons. The Labute approximate surface area is 157 Å². The molecule has 7 nitrogen and oxygen atoms in total. The van der Waals surface area contributed by atoms with E-state index in [0.29, 0.717) is 0 Å². The molecule has 1 saturated heterocycles. The average molecular weight is 395 g/mol. The largest absolute Gasteiger partial charge is 0.351 e. The second-order valence-corrected chi connectivity index (χ2v) is 8.92. The van der Waals surface area contributed by atoms with Gasteiger partial charge in [0.2, 0.25) is 15.9 Å². The minimum Gasteiger partial charge on any atom is -0.351 e. The molecule has 140 valence electrons.